The van der Waals surface area contributed by atoms with Gasteiger partial charge in [-0.1, -0.05) is 6.07 Å². The summed E-state index contributed by atoms with van der Waals surface area (Å²) in [6.07, 6.45) is 2.91. The van der Waals surface area contributed by atoms with Crippen molar-refractivity contribution in [2.24, 2.45) is 0 Å². The Labute approximate surface area is 109 Å². The van der Waals surface area contributed by atoms with E-state index in [1.54, 1.807) is 24.3 Å². The maximum absolute atomic E-state index is 12.3. The number of pyridine rings is 1. The van der Waals surface area contributed by atoms with E-state index in [2.05, 4.69) is 4.98 Å². The molecule has 1 aliphatic heterocycles. The molecular weight excluding hydrogens is 242 g/mol. The van der Waals surface area contributed by atoms with E-state index >= 15 is 0 Å². The van der Waals surface area contributed by atoms with Crippen molar-refractivity contribution < 1.29 is 9.59 Å². The maximum Gasteiger partial charge on any atom is 0.267 e. The zero-order valence-corrected chi connectivity index (χ0v) is 10.3. The summed E-state index contributed by atoms with van der Waals surface area (Å²) in [4.78, 5) is 29.6. The molecule has 3 rings (SSSR count). The third-order valence-corrected chi connectivity index (χ3v) is 3.16. The Bertz CT molecular complexity index is 675. The van der Waals surface area contributed by atoms with Crippen molar-refractivity contribution in [2.75, 3.05) is 10.6 Å². The molecule has 1 aromatic carbocycles. The van der Waals surface area contributed by atoms with Crippen LogP contribution in [0.5, 0.6) is 0 Å². The molecule has 0 bridgehead atoms. The highest BCUT2D eigenvalue weighted by Crippen LogP contribution is 2.31. The van der Waals surface area contributed by atoms with E-state index in [0.717, 1.165) is 10.5 Å². The molecule has 0 saturated heterocycles. The Balaban J connectivity index is 2.17. The molecule has 2 aromatic rings. The molecule has 0 aliphatic carbocycles. The van der Waals surface area contributed by atoms with Crippen molar-refractivity contribution in [1.82, 2.24) is 4.98 Å². The topological polar surface area (TPSA) is 76.3 Å². The number of imide groups is 1. The smallest absolute Gasteiger partial charge is 0.267 e. The number of amides is 2. The molecular formula is C14H11N3O2. The lowest BCUT2D eigenvalue weighted by Gasteiger charge is -2.16. The number of nitrogen functional groups attached to an aromatic ring is 1. The first-order valence-electron chi connectivity index (χ1n) is 5.78. The van der Waals surface area contributed by atoms with Crippen molar-refractivity contribution in [3.63, 3.8) is 0 Å². The number of hydrogen-bond donors (Lipinski definition) is 1. The normalized spacial score (nSPS) is 13.8. The number of carbonyl (C=O) groups is 2. The first-order valence-corrected chi connectivity index (χ1v) is 5.78. The van der Waals surface area contributed by atoms with E-state index in [1.807, 2.05) is 6.92 Å². The van der Waals surface area contributed by atoms with Crippen molar-refractivity contribution >= 4 is 23.2 Å². The van der Waals surface area contributed by atoms with Gasteiger partial charge in [-0.3, -0.25) is 14.6 Å². The molecule has 0 fully saturated rings. The highest BCUT2D eigenvalue weighted by Gasteiger charge is 2.37. The highest BCUT2D eigenvalue weighted by molar-refractivity contribution is 6.34. The number of carbonyl (C=O) groups excluding carboxylic acids is 2. The summed E-state index contributed by atoms with van der Waals surface area (Å²) in [5, 5.41) is 0. The number of nitrogens with two attached hydrogens (primary N) is 1. The fourth-order valence-electron chi connectivity index (χ4n) is 2.17. The van der Waals surface area contributed by atoms with Gasteiger partial charge in [0, 0.05) is 18.1 Å². The minimum atomic E-state index is -0.359. The van der Waals surface area contributed by atoms with Gasteiger partial charge >= 0.3 is 0 Å². The standard InChI is InChI=1S/C14H11N3O2/c1-8-2-3-9(15)6-12(8)17-13(18)10-4-5-16-7-11(10)14(17)19/h2-7H,15H2,1H3. The summed E-state index contributed by atoms with van der Waals surface area (Å²) in [5.74, 6) is -0.696. The molecule has 1 aliphatic rings. The average Bonchev–Trinajstić information content (AvgIpc) is 2.66. The number of aromatic nitrogens is 1. The first kappa shape index (κ1) is 11.4. The fourth-order valence-corrected chi connectivity index (χ4v) is 2.17. The van der Waals surface area contributed by atoms with Crippen LogP contribution in [0, 0.1) is 6.92 Å². The molecule has 94 valence electrons. The second-order valence-electron chi connectivity index (χ2n) is 4.41. The Hall–Kier alpha value is -2.69. The van der Waals surface area contributed by atoms with Crippen LogP contribution < -0.4 is 10.6 Å². The van der Waals surface area contributed by atoms with Crippen molar-refractivity contribution in [3.8, 4) is 0 Å². The van der Waals surface area contributed by atoms with Gasteiger partial charge in [-0.2, -0.15) is 0 Å². The molecule has 0 radical (unpaired) electrons. The summed E-state index contributed by atoms with van der Waals surface area (Å²) in [5.41, 5.74) is 8.28. The number of anilines is 2. The number of rotatable bonds is 1. The van der Waals surface area contributed by atoms with Gasteiger partial charge < -0.3 is 5.73 Å². The second-order valence-corrected chi connectivity index (χ2v) is 4.41. The number of benzene rings is 1. The summed E-state index contributed by atoms with van der Waals surface area (Å²) in [6, 6.07) is 6.70. The third-order valence-electron chi connectivity index (χ3n) is 3.16. The summed E-state index contributed by atoms with van der Waals surface area (Å²) < 4.78 is 0. The molecule has 5 heteroatoms. The maximum atomic E-state index is 12.3. The van der Waals surface area contributed by atoms with Gasteiger partial charge in [0.25, 0.3) is 11.8 Å². The minimum absolute atomic E-state index is 0.328. The van der Waals surface area contributed by atoms with E-state index in [0.29, 0.717) is 22.5 Å². The van der Waals surface area contributed by atoms with Crippen molar-refractivity contribution in [2.45, 2.75) is 6.92 Å². The Morgan fingerprint density at radius 3 is 2.58 bits per heavy atom. The lowest BCUT2D eigenvalue weighted by molar-refractivity contribution is 0.0926. The predicted molar refractivity (Wildman–Crippen MR) is 71.0 cm³/mol. The van der Waals surface area contributed by atoms with Crippen LogP contribution in [0.15, 0.2) is 36.7 Å². The van der Waals surface area contributed by atoms with Gasteiger partial charge in [-0.05, 0) is 30.7 Å². The van der Waals surface area contributed by atoms with Gasteiger partial charge in [-0.25, -0.2) is 4.90 Å². The lowest BCUT2D eigenvalue weighted by Crippen LogP contribution is -2.30. The van der Waals surface area contributed by atoms with Crippen LogP contribution in [-0.2, 0) is 0 Å². The molecule has 1 aromatic heterocycles. The van der Waals surface area contributed by atoms with Crippen molar-refractivity contribution in [1.29, 1.82) is 0 Å². The molecule has 0 unspecified atom stereocenters. The van der Waals surface area contributed by atoms with E-state index in [9.17, 15) is 9.59 Å². The van der Waals surface area contributed by atoms with E-state index in [-0.39, 0.29) is 11.8 Å². The van der Waals surface area contributed by atoms with Crippen molar-refractivity contribution in [3.05, 3.63) is 53.3 Å². The Morgan fingerprint density at radius 1 is 1.11 bits per heavy atom. The monoisotopic (exact) mass is 253 g/mol. The van der Waals surface area contributed by atoms with Crippen LogP contribution in [0.1, 0.15) is 26.3 Å². The predicted octanol–water partition coefficient (Wildman–Crippen LogP) is 1.77. The van der Waals surface area contributed by atoms with Crippen LogP contribution >= 0.6 is 0 Å². The first-order chi connectivity index (χ1) is 9.09. The quantitative estimate of drug-likeness (QED) is 0.620. The number of fused-ring (bicyclic) bond motifs is 1. The minimum Gasteiger partial charge on any atom is -0.399 e. The number of hydrogen-bond acceptors (Lipinski definition) is 4. The molecule has 5 nitrogen and oxygen atoms in total. The molecule has 0 spiro atoms. The molecule has 2 N–H and O–H groups in total. The van der Waals surface area contributed by atoms with Gasteiger partial charge in [0.2, 0.25) is 0 Å². The van der Waals surface area contributed by atoms with Gasteiger partial charge in [0.15, 0.2) is 0 Å². The van der Waals surface area contributed by atoms with Crippen LogP contribution in [0.3, 0.4) is 0 Å². The van der Waals surface area contributed by atoms with Crippen LogP contribution in [0.4, 0.5) is 11.4 Å². The van der Waals surface area contributed by atoms with Crippen LogP contribution in [0.25, 0.3) is 0 Å². The third kappa shape index (κ3) is 1.59. The van der Waals surface area contributed by atoms with Gasteiger partial charge in [-0.15, -0.1) is 0 Å². The zero-order valence-electron chi connectivity index (χ0n) is 10.3. The number of aryl methyl sites for hydroxylation is 1. The van der Waals surface area contributed by atoms with E-state index in [4.69, 9.17) is 5.73 Å². The summed E-state index contributed by atoms with van der Waals surface area (Å²) in [7, 11) is 0. The Morgan fingerprint density at radius 2 is 1.84 bits per heavy atom. The lowest BCUT2D eigenvalue weighted by atomic mass is 10.1. The molecule has 2 heterocycles. The van der Waals surface area contributed by atoms with E-state index in [1.165, 1.54) is 12.4 Å². The summed E-state index contributed by atoms with van der Waals surface area (Å²) >= 11 is 0. The SMILES string of the molecule is Cc1ccc(N)cc1N1C(=O)c2ccncc2C1=O. The molecule has 19 heavy (non-hydrogen) atoms. The molecule has 0 saturated carbocycles. The fraction of sp³-hybridized carbons (Fsp3) is 0.0714. The van der Waals surface area contributed by atoms with Gasteiger partial charge in [0.05, 0.1) is 16.8 Å². The highest BCUT2D eigenvalue weighted by atomic mass is 16.2. The average molecular weight is 253 g/mol. The summed E-state index contributed by atoms with van der Waals surface area (Å²) in [6.45, 7) is 1.83. The second kappa shape index (κ2) is 3.91. The largest absolute Gasteiger partial charge is 0.399 e. The Kier molecular flexibility index (Phi) is 2.35. The van der Waals surface area contributed by atoms with E-state index < -0.39 is 0 Å². The zero-order chi connectivity index (χ0) is 13.6. The molecule has 2 amide bonds. The van der Waals surface area contributed by atoms with Crippen LogP contribution in [-0.4, -0.2) is 16.8 Å². The van der Waals surface area contributed by atoms with Gasteiger partial charge in [0.1, 0.15) is 0 Å². The molecule has 0 atom stereocenters. The number of nitrogens with zero attached hydrogens (tertiary/aromatic N) is 2. The van der Waals surface area contributed by atoms with Crippen LogP contribution in [0.2, 0.25) is 0 Å².